The Hall–Kier alpha value is -2.40. The Labute approximate surface area is 180 Å². The van der Waals surface area contributed by atoms with E-state index in [-0.39, 0.29) is 12.6 Å². The van der Waals surface area contributed by atoms with Gasteiger partial charge in [-0.3, -0.25) is 4.90 Å². The van der Waals surface area contributed by atoms with Crippen molar-refractivity contribution in [1.29, 1.82) is 0 Å². The van der Waals surface area contributed by atoms with Crippen LogP contribution in [0.3, 0.4) is 0 Å². The number of nitrogens with one attached hydrogen (secondary N) is 1. The van der Waals surface area contributed by atoms with Crippen molar-refractivity contribution in [2.24, 2.45) is 0 Å². The second-order valence-corrected chi connectivity index (χ2v) is 8.41. The van der Waals surface area contributed by atoms with Crippen molar-refractivity contribution in [2.75, 3.05) is 39.9 Å². The summed E-state index contributed by atoms with van der Waals surface area (Å²) in [7, 11) is 1.58. The predicted octanol–water partition coefficient (Wildman–Crippen LogP) is 3.45. The van der Waals surface area contributed by atoms with Gasteiger partial charge in [-0.25, -0.2) is 4.79 Å². The molecule has 1 aromatic carbocycles. The van der Waals surface area contributed by atoms with Gasteiger partial charge < -0.3 is 19.7 Å². The van der Waals surface area contributed by atoms with Crippen LogP contribution in [0.4, 0.5) is 4.79 Å². The number of carbonyl (C=O) groups is 1. The molecule has 154 valence electrons. The van der Waals surface area contributed by atoms with Crippen molar-refractivity contribution in [3.8, 4) is 23.8 Å². The van der Waals surface area contributed by atoms with E-state index < -0.39 is 0 Å². The fourth-order valence-corrected chi connectivity index (χ4v) is 4.25. The van der Waals surface area contributed by atoms with E-state index in [1.54, 1.807) is 18.4 Å². The van der Waals surface area contributed by atoms with E-state index in [1.807, 2.05) is 29.2 Å². The first-order valence-electron chi connectivity index (χ1n) is 9.31. The van der Waals surface area contributed by atoms with Gasteiger partial charge in [0.05, 0.1) is 11.4 Å². The fraction of sp³-hybridized carbons (Fsp3) is 0.381. The number of terminal acetylenes is 1. The Kier molecular flexibility index (Phi) is 7.64. The first kappa shape index (κ1) is 21.3. The number of piperazine rings is 1. The standard InChI is InChI=1S/C21H24ClN3O3S/c1-3-12-28-19-13-16(4-6-18(19)27-2)14-23-21(26)25-10-8-24(9-11-25)15-17-5-7-20(22)29-17/h1,4-7,13H,8-12,14-15H2,2H3,(H,23,26). The topological polar surface area (TPSA) is 54.0 Å². The van der Waals surface area contributed by atoms with E-state index in [4.69, 9.17) is 27.5 Å². The minimum atomic E-state index is -0.0641. The van der Waals surface area contributed by atoms with Crippen molar-refractivity contribution in [1.82, 2.24) is 15.1 Å². The zero-order valence-electron chi connectivity index (χ0n) is 16.3. The number of urea groups is 1. The highest BCUT2D eigenvalue weighted by Crippen LogP contribution is 2.28. The van der Waals surface area contributed by atoms with Crippen LogP contribution in [0.5, 0.6) is 11.5 Å². The SMILES string of the molecule is C#CCOc1cc(CNC(=O)N2CCN(Cc3ccc(Cl)s3)CC2)ccc1OC. The van der Waals surface area contributed by atoms with Crippen LogP contribution in [0.1, 0.15) is 10.4 Å². The smallest absolute Gasteiger partial charge is 0.317 e. The van der Waals surface area contributed by atoms with E-state index in [2.05, 4.69) is 22.2 Å². The molecule has 0 radical (unpaired) electrons. The molecule has 0 spiro atoms. The molecule has 1 aliphatic heterocycles. The second kappa shape index (κ2) is 10.4. The molecule has 1 fully saturated rings. The van der Waals surface area contributed by atoms with Crippen LogP contribution in [0, 0.1) is 12.3 Å². The van der Waals surface area contributed by atoms with Crippen molar-refractivity contribution >= 4 is 29.0 Å². The quantitative estimate of drug-likeness (QED) is 0.679. The number of hydrogen-bond acceptors (Lipinski definition) is 5. The number of amides is 2. The molecule has 0 bridgehead atoms. The first-order chi connectivity index (χ1) is 14.1. The van der Waals surface area contributed by atoms with Crippen LogP contribution in [-0.4, -0.2) is 55.7 Å². The highest BCUT2D eigenvalue weighted by molar-refractivity contribution is 7.16. The number of hydrogen-bond donors (Lipinski definition) is 1. The molecule has 2 aromatic rings. The number of ether oxygens (including phenoxy) is 2. The second-order valence-electron chi connectivity index (χ2n) is 6.61. The molecule has 1 N–H and O–H groups in total. The van der Waals surface area contributed by atoms with E-state index in [1.165, 1.54) is 4.88 Å². The van der Waals surface area contributed by atoms with E-state index >= 15 is 0 Å². The van der Waals surface area contributed by atoms with Gasteiger partial charge in [0.15, 0.2) is 11.5 Å². The molecule has 8 heteroatoms. The Morgan fingerprint density at radius 1 is 1.24 bits per heavy atom. The molecule has 3 rings (SSSR count). The van der Waals surface area contributed by atoms with E-state index in [0.717, 1.165) is 29.5 Å². The molecular formula is C21H24ClN3O3S. The van der Waals surface area contributed by atoms with Crippen LogP contribution >= 0.6 is 22.9 Å². The Morgan fingerprint density at radius 2 is 2.03 bits per heavy atom. The number of benzene rings is 1. The number of halogens is 1. The molecule has 1 aromatic heterocycles. The van der Waals surface area contributed by atoms with Gasteiger partial charge in [0, 0.05) is 44.1 Å². The molecular weight excluding hydrogens is 410 g/mol. The van der Waals surface area contributed by atoms with Crippen LogP contribution < -0.4 is 14.8 Å². The molecule has 1 aliphatic rings. The summed E-state index contributed by atoms with van der Waals surface area (Å²) in [6, 6.07) is 9.46. The first-order valence-corrected chi connectivity index (χ1v) is 10.5. The van der Waals surface area contributed by atoms with Crippen LogP contribution in [-0.2, 0) is 13.1 Å². The molecule has 1 saturated heterocycles. The van der Waals surface area contributed by atoms with Crippen LogP contribution in [0.15, 0.2) is 30.3 Å². The van der Waals surface area contributed by atoms with Gasteiger partial charge in [-0.2, -0.15) is 0 Å². The Morgan fingerprint density at radius 3 is 2.69 bits per heavy atom. The monoisotopic (exact) mass is 433 g/mol. The third kappa shape index (κ3) is 6.04. The normalized spacial score (nSPS) is 14.3. The minimum Gasteiger partial charge on any atom is -0.493 e. The number of methoxy groups -OCH3 is 1. The molecule has 0 saturated carbocycles. The fourth-order valence-electron chi connectivity index (χ4n) is 3.12. The van der Waals surface area contributed by atoms with Gasteiger partial charge in [0.1, 0.15) is 6.61 Å². The molecule has 0 unspecified atom stereocenters. The largest absolute Gasteiger partial charge is 0.493 e. The molecule has 29 heavy (non-hydrogen) atoms. The summed E-state index contributed by atoms with van der Waals surface area (Å²) < 4.78 is 11.6. The lowest BCUT2D eigenvalue weighted by Gasteiger charge is -2.34. The predicted molar refractivity (Wildman–Crippen MR) is 116 cm³/mol. The molecule has 0 aliphatic carbocycles. The molecule has 0 atom stereocenters. The Bertz CT molecular complexity index is 872. The molecule has 6 nitrogen and oxygen atoms in total. The van der Waals surface area contributed by atoms with Crippen molar-refractivity contribution < 1.29 is 14.3 Å². The van der Waals surface area contributed by atoms with Crippen molar-refractivity contribution in [3.63, 3.8) is 0 Å². The summed E-state index contributed by atoms with van der Waals surface area (Å²) in [6.45, 7) is 4.52. The van der Waals surface area contributed by atoms with Gasteiger partial charge >= 0.3 is 6.03 Å². The molecule has 2 heterocycles. The van der Waals surface area contributed by atoms with Crippen molar-refractivity contribution in [2.45, 2.75) is 13.1 Å². The Balaban J connectivity index is 1.47. The van der Waals surface area contributed by atoms with Gasteiger partial charge in [0.25, 0.3) is 0 Å². The summed E-state index contributed by atoms with van der Waals surface area (Å²) in [5.41, 5.74) is 0.916. The van der Waals surface area contributed by atoms with Crippen LogP contribution in [0.25, 0.3) is 0 Å². The van der Waals surface area contributed by atoms with E-state index in [0.29, 0.717) is 31.1 Å². The molecule has 2 amide bonds. The zero-order valence-corrected chi connectivity index (χ0v) is 17.9. The van der Waals surface area contributed by atoms with Crippen LogP contribution in [0.2, 0.25) is 4.34 Å². The number of rotatable bonds is 7. The summed E-state index contributed by atoms with van der Waals surface area (Å²) in [5, 5.41) is 2.97. The lowest BCUT2D eigenvalue weighted by Crippen LogP contribution is -2.51. The lowest BCUT2D eigenvalue weighted by molar-refractivity contribution is 0.135. The summed E-state index contributed by atoms with van der Waals surface area (Å²) >= 11 is 7.60. The number of nitrogens with zero attached hydrogens (tertiary/aromatic N) is 2. The van der Waals surface area contributed by atoms with Gasteiger partial charge in [0.2, 0.25) is 0 Å². The van der Waals surface area contributed by atoms with E-state index in [9.17, 15) is 4.79 Å². The minimum absolute atomic E-state index is 0.0641. The maximum atomic E-state index is 12.5. The third-order valence-corrected chi connectivity index (χ3v) is 5.87. The average Bonchev–Trinajstić information content (AvgIpc) is 3.15. The highest BCUT2D eigenvalue weighted by atomic mass is 35.5. The van der Waals surface area contributed by atoms with Crippen molar-refractivity contribution in [3.05, 3.63) is 45.1 Å². The third-order valence-electron chi connectivity index (χ3n) is 4.65. The maximum Gasteiger partial charge on any atom is 0.317 e. The highest BCUT2D eigenvalue weighted by Gasteiger charge is 2.21. The van der Waals surface area contributed by atoms with Gasteiger partial charge in [-0.05, 0) is 29.8 Å². The number of thiophene rings is 1. The lowest BCUT2D eigenvalue weighted by atomic mass is 10.2. The number of carbonyl (C=O) groups excluding carboxylic acids is 1. The van der Waals surface area contributed by atoms with Gasteiger partial charge in [-0.1, -0.05) is 23.6 Å². The zero-order chi connectivity index (χ0) is 20.6. The average molecular weight is 434 g/mol. The summed E-state index contributed by atoms with van der Waals surface area (Å²) in [5.74, 6) is 3.61. The summed E-state index contributed by atoms with van der Waals surface area (Å²) in [4.78, 5) is 17.9. The van der Waals surface area contributed by atoms with Gasteiger partial charge in [-0.15, -0.1) is 17.8 Å². The summed E-state index contributed by atoms with van der Waals surface area (Å²) in [6.07, 6.45) is 5.25. The maximum absolute atomic E-state index is 12.5.